The van der Waals surface area contributed by atoms with Gasteiger partial charge in [0.25, 0.3) is 0 Å². The lowest BCUT2D eigenvalue weighted by Gasteiger charge is -2.60. The molecule has 224 valence electrons. The monoisotopic (exact) mass is 575 g/mol. The van der Waals surface area contributed by atoms with Crippen LogP contribution in [0.25, 0.3) is 11.3 Å². The van der Waals surface area contributed by atoms with Crippen molar-refractivity contribution in [3.05, 3.63) is 47.1 Å². The molecule has 1 spiro atoms. The second-order valence-electron chi connectivity index (χ2n) is 11.0. The number of rotatable bonds is 10. The number of aliphatic hydroxyl groups excluding tert-OH is 3. The fraction of sp³-hybridized carbons (Fsp3) is 0.586. The topological polar surface area (TPSA) is 188 Å². The molecule has 2 aliphatic heterocycles. The van der Waals surface area contributed by atoms with Crippen LogP contribution in [-0.4, -0.2) is 98.6 Å². The minimum Gasteiger partial charge on any atom is -0.481 e. The van der Waals surface area contributed by atoms with Gasteiger partial charge in [-0.05, 0) is 37.3 Å². The van der Waals surface area contributed by atoms with Gasteiger partial charge in [-0.3, -0.25) is 4.79 Å². The maximum absolute atomic E-state index is 12.4. The van der Waals surface area contributed by atoms with E-state index in [-0.39, 0.29) is 31.4 Å². The van der Waals surface area contributed by atoms with Gasteiger partial charge in [0.2, 0.25) is 0 Å². The fourth-order valence-corrected chi connectivity index (χ4v) is 6.98. The molecule has 0 amide bonds. The van der Waals surface area contributed by atoms with Crippen molar-refractivity contribution in [2.45, 2.75) is 74.3 Å². The first-order valence-electron chi connectivity index (χ1n) is 13.8. The zero-order valence-electron chi connectivity index (χ0n) is 22.8. The van der Waals surface area contributed by atoms with Crippen LogP contribution >= 0.6 is 0 Å². The van der Waals surface area contributed by atoms with Crippen molar-refractivity contribution in [3.8, 4) is 0 Å². The van der Waals surface area contributed by atoms with Gasteiger partial charge >= 0.3 is 11.9 Å². The molecule has 8 atom stereocenters. The van der Waals surface area contributed by atoms with E-state index < -0.39 is 66.2 Å². The predicted molar refractivity (Wildman–Crippen MR) is 142 cm³/mol. The van der Waals surface area contributed by atoms with Crippen LogP contribution in [0, 0.1) is 11.8 Å². The minimum atomic E-state index is -1.95. The quantitative estimate of drug-likeness (QED) is 0.151. The van der Waals surface area contributed by atoms with E-state index >= 15 is 0 Å². The second kappa shape index (κ2) is 11.3. The molecular weight excluding hydrogens is 538 g/mol. The number of carboxylic acids is 1. The van der Waals surface area contributed by atoms with Gasteiger partial charge in [-0.25, -0.2) is 4.79 Å². The van der Waals surface area contributed by atoms with E-state index in [9.17, 15) is 35.1 Å². The van der Waals surface area contributed by atoms with Gasteiger partial charge < -0.3 is 49.5 Å². The molecule has 12 heteroatoms. The van der Waals surface area contributed by atoms with E-state index in [1.54, 1.807) is 12.3 Å². The van der Waals surface area contributed by atoms with E-state index in [0.29, 0.717) is 30.6 Å². The number of ether oxygens (including phenoxy) is 4. The van der Waals surface area contributed by atoms with Gasteiger partial charge in [-0.2, -0.15) is 0 Å². The van der Waals surface area contributed by atoms with E-state index in [1.807, 2.05) is 6.07 Å². The van der Waals surface area contributed by atoms with E-state index in [1.165, 1.54) is 13.2 Å². The van der Waals surface area contributed by atoms with Crippen molar-refractivity contribution in [2.24, 2.45) is 11.8 Å². The standard InChI is InChI=1S/C29H37NO11/c1-3-15-18(13-23(33)34)16(25(35)38-2)6-7-20(15)39-27-28(37)10-8-19-17-9-11-30-24(17)21(5-4-12-31)41-29(19,26(28)36)22(14-32)40-27/h3,6,9,11,15,18,20,22,26-27,30-32,36-37H,1,4-5,7-8,10,12-14H2,2H3,(H,33,34)/t15-,18+,20-,22-,26-,27-,28-,29-/m1/s1. The van der Waals surface area contributed by atoms with Crippen LogP contribution in [-0.2, 0) is 28.5 Å². The van der Waals surface area contributed by atoms with Crippen LogP contribution in [0.5, 0.6) is 0 Å². The molecule has 2 fully saturated rings. The maximum Gasteiger partial charge on any atom is 0.333 e. The first kappa shape index (κ1) is 29.5. The third-order valence-electron chi connectivity index (χ3n) is 8.92. The minimum absolute atomic E-state index is 0.0568. The average molecular weight is 576 g/mol. The molecule has 1 aromatic rings. The van der Waals surface area contributed by atoms with Crippen LogP contribution in [0.2, 0.25) is 0 Å². The van der Waals surface area contributed by atoms with Gasteiger partial charge in [0, 0.05) is 41.9 Å². The van der Waals surface area contributed by atoms with Gasteiger partial charge in [-0.15, -0.1) is 6.58 Å². The molecule has 1 saturated heterocycles. The number of hydrogen-bond donors (Lipinski definition) is 6. The highest BCUT2D eigenvalue weighted by molar-refractivity contribution is 5.90. The molecule has 0 unspecified atom stereocenters. The number of hydrogen-bond acceptors (Lipinski definition) is 10. The molecular formula is C29H37NO11. The summed E-state index contributed by atoms with van der Waals surface area (Å²) in [4.78, 5) is 27.2. The fourth-order valence-electron chi connectivity index (χ4n) is 6.98. The van der Waals surface area contributed by atoms with Crippen LogP contribution in [0.3, 0.4) is 0 Å². The molecule has 2 aliphatic carbocycles. The summed E-state index contributed by atoms with van der Waals surface area (Å²) in [6.45, 7) is 3.20. The SMILES string of the molecule is C=C[C@@H]1[C@H](CC(=O)O)C(C(=O)OC)=CC[C@H]1O[C@@H]1O[C@H](CO)[C@]23OC(CCCO)=c4[nH]ccc4=C2CC[C@@]1(O)[C@H]3O. The first-order chi connectivity index (χ1) is 19.7. The number of carbonyl (C=O) groups excluding carboxylic acids is 1. The summed E-state index contributed by atoms with van der Waals surface area (Å²) < 4.78 is 23.8. The van der Waals surface area contributed by atoms with Crippen LogP contribution in [0.15, 0.2) is 36.6 Å². The van der Waals surface area contributed by atoms with Crippen LogP contribution < -0.4 is 10.6 Å². The number of aromatic nitrogens is 1. The third-order valence-corrected chi connectivity index (χ3v) is 8.92. The van der Waals surface area contributed by atoms with Crippen molar-refractivity contribution in [3.63, 3.8) is 0 Å². The molecule has 0 radical (unpaired) electrons. The Kier molecular flexibility index (Phi) is 8.16. The van der Waals surface area contributed by atoms with Gasteiger partial charge in [0.1, 0.15) is 23.6 Å². The number of nitrogens with one attached hydrogen (secondary N) is 1. The number of fused-ring (bicyclic) bond motifs is 2. The molecule has 12 nitrogen and oxygen atoms in total. The summed E-state index contributed by atoms with van der Waals surface area (Å²) in [6.07, 6.45) is 0.855. The molecule has 41 heavy (non-hydrogen) atoms. The van der Waals surface area contributed by atoms with Crippen molar-refractivity contribution in [1.82, 2.24) is 4.98 Å². The summed E-state index contributed by atoms with van der Waals surface area (Å²) in [6, 6.07) is 1.85. The Morgan fingerprint density at radius 2 is 2.10 bits per heavy atom. The van der Waals surface area contributed by atoms with Crippen molar-refractivity contribution in [2.75, 3.05) is 20.3 Å². The molecule has 4 aliphatic rings. The normalized spacial score (nSPS) is 36.0. The predicted octanol–water partition coefficient (Wildman–Crippen LogP) is -0.800. The molecule has 2 bridgehead atoms. The lowest BCUT2D eigenvalue weighted by atomic mass is 9.63. The zero-order valence-corrected chi connectivity index (χ0v) is 22.8. The molecule has 3 heterocycles. The number of carboxylic acid groups (broad SMARTS) is 1. The smallest absolute Gasteiger partial charge is 0.333 e. The highest BCUT2D eigenvalue weighted by Gasteiger charge is 2.70. The van der Waals surface area contributed by atoms with E-state index in [4.69, 9.17) is 18.9 Å². The highest BCUT2D eigenvalue weighted by atomic mass is 16.7. The van der Waals surface area contributed by atoms with Gasteiger partial charge in [-0.1, -0.05) is 12.2 Å². The lowest BCUT2D eigenvalue weighted by Crippen LogP contribution is -2.78. The third kappa shape index (κ3) is 4.62. The summed E-state index contributed by atoms with van der Waals surface area (Å²) in [7, 11) is 1.22. The summed E-state index contributed by atoms with van der Waals surface area (Å²) in [5.41, 5.74) is -2.66. The van der Waals surface area contributed by atoms with Crippen molar-refractivity contribution >= 4 is 23.3 Å². The number of methoxy groups -OCH3 is 1. The van der Waals surface area contributed by atoms with Crippen LogP contribution in [0.4, 0.5) is 0 Å². The average Bonchev–Trinajstić information content (AvgIpc) is 3.45. The van der Waals surface area contributed by atoms with Crippen molar-refractivity contribution in [1.29, 1.82) is 0 Å². The first-order valence-corrected chi connectivity index (χ1v) is 13.8. The Bertz CT molecular complexity index is 1350. The molecule has 1 aromatic heterocycles. The number of aromatic amines is 1. The Labute approximate surface area is 236 Å². The van der Waals surface area contributed by atoms with Crippen molar-refractivity contribution < 1.29 is 54.1 Å². The maximum atomic E-state index is 12.4. The summed E-state index contributed by atoms with van der Waals surface area (Å²) >= 11 is 0. The Morgan fingerprint density at radius 1 is 1.32 bits per heavy atom. The highest BCUT2D eigenvalue weighted by Crippen LogP contribution is 2.53. The van der Waals surface area contributed by atoms with E-state index in [2.05, 4.69) is 11.6 Å². The second-order valence-corrected chi connectivity index (χ2v) is 11.0. The molecule has 5 rings (SSSR count). The number of carbonyl (C=O) groups is 2. The van der Waals surface area contributed by atoms with Crippen LogP contribution in [0.1, 0.15) is 38.5 Å². The Balaban J connectivity index is 1.50. The number of aliphatic hydroxyl groups is 4. The summed E-state index contributed by atoms with van der Waals surface area (Å²) in [5.74, 6) is -2.75. The van der Waals surface area contributed by atoms with Gasteiger partial charge in [0.05, 0.1) is 31.6 Å². The van der Waals surface area contributed by atoms with Gasteiger partial charge in [0.15, 0.2) is 11.9 Å². The molecule has 1 saturated carbocycles. The zero-order chi connectivity index (χ0) is 29.5. The Morgan fingerprint density at radius 3 is 2.76 bits per heavy atom. The van der Waals surface area contributed by atoms with E-state index in [0.717, 1.165) is 10.6 Å². The summed E-state index contributed by atoms with van der Waals surface area (Å²) in [5, 5.41) is 54.9. The lowest BCUT2D eigenvalue weighted by molar-refractivity contribution is -0.372. The Hall–Kier alpha value is -3.00. The largest absolute Gasteiger partial charge is 0.481 e. The number of aliphatic carboxylic acids is 1. The molecule has 0 aromatic carbocycles. The number of esters is 1. The number of H-pyrrole nitrogens is 1. The molecule has 6 N–H and O–H groups in total.